The maximum absolute atomic E-state index is 11.9. The van der Waals surface area contributed by atoms with Gasteiger partial charge in [0.1, 0.15) is 11.3 Å². The molecule has 2 N–H and O–H groups in total. The van der Waals surface area contributed by atoms with E-state index in [2.05, 4.69) is 39.0 Å². The molecule has 1 aliphatic rings. The van der Waals surface area contributed by atoms with Gasteiger partial charge in [-0.05, 0) is 19.9 Å². The van der Waals surface area contributed by atoms with Crippen LogP contribution in [0.25, 0.3) is 11.0 Å². The number of fused-ring (bicyclic) bond motifs is 1. The molecule has 3 heterocycles. The van der Waals surface area contributed by atoms with Gasteiger partial charge in [-0.25, -0.2) is 4.98 Å². The van der Waals surface area contributed by atoms with Gasteiger partial charge in [0.25, 0.3) is 0 Å². The molecule has 3 rings (SSSR count). The Kier molecular flexibility index (Phi) is 3.40. The molecule has 1 saturated heterocycles. The maximum Gasteiger partial charge on any atom is 0.237 e. The summed E-state index contributed by atoms with van der Waals surface area (Å²) in [6.07, 6.45) is 4.14. The van der Waals surface area contributed by atoms with E-state index in [0.29, 0.717) is 19.0 Å². The minimum atomic E-state index is -0.203. The smallest absolute Gasteiger partial charge is 0.237 e. The summed E-state index contributed by atoms with van der Waals surface area (Å²) in [5.74, 6) is 0.981. The summed E-state index contributed by atoms with van der Waals surface area (Å²) < 4.78 is 2.18. The molecule has 0 aliphatic carbocycles. The fourth-order valence-corrected chi connectivity index (χ4v) is 2.72. The second-order valence-corrected chi connectivity index (χ2v) is 5.36. The number of rotatable bonds is 3. The quantitative estimate of drug-likeness (QED) is 0.861. The summed E-state index contributed by atoms with van der Waals surface area (Å²) in [6.45, 7) is 5.75. The highest BCUT2D eigenvalue weighted by Crippen LogP contribution is 2.21. The first-order valence-electron chi connectivity index (χ1n) is 6.98. The molecule has 0 saturated carbocycles. The van der Waals surface area contributed by atoms with Crippen LogP contribution in [0.5, 0.6) is 0 Å². The first-order valence-corrected chi connectivity index (χ1v) is 6.98. The number of pyridine rings is 1. The van der Waals surface area contributed by atoms with Gasteiger partial charge >= 0.3 is 0 Å². The summed E-state index contributed by atoms with van der Waals surface area (Å²) in [4.78, 5) is 20.6. The van der Waals surface area contributed by atoms with Crippen LogP contribution in [0.2, 0.25) is 0 Å². The standard InChI is InChI=1S/C14H19N5O/c1-9(2)19-12-3-4-15-8-11(12)18-13(19)7-10-14(20)17-6-5-16-10/h3-4,8-10,16H,5-7H2,1-2H3,(H,17,20). The Morgan fingerprint density at radius 1 is 1.45 bits per heavy atom. The Morgan fingerprint density at radius 3 is 3.05 bits per heavy atom. The third-order valence-electron chi connectivity index (χ3n) is 3.60. The predicted molar refractivity (Wildman–Crippen MR) is 76.4 cm³/mol. The highest BCUT2D eigenvalue weighted by molar-refractivity contribution is 5.83. The highest BCUT2D eigenvalue weighted by atomic mass is 16.2. The Morgan fingerprint density at radius 2 is 2.30 bits per heavy atom. The van der Waals surface area contributed by atoms with Crippen LogP contribution in [0.15, 0.2) is 18.5 Å². The van der Waals surface area contributed by atoms with Crippen LogP contribution in [-0.4, -0.2) is 39.6 Å². The molecular weight excluding hydrogens is 254 g/mol. The molecule has 1 amide bonds. The molecule has 1 fully saturated rings. The minimum Gasteiger partial charge on any atom is -0.353 e. The zero-order valence-corrected chi connectivity index (χ0v) is 11.8. The largest absolute Gasteiger partial charge is 0.353 e. The molecule has 6 nitrogen and oxygen atoms in total. The summed E-state index contributed by atoms with van der Waals surface area (Å²) in [6, 6.07) is 2.07. The van der Waals surface area contributed by atoms with Gasteiger partial charge in [-0.15, -0.1) is 0 Å². The fourth-order valence-electron chi connectivity index (χ4n) is 2.72. The normalized spacial score (nSPS) is 19.6. The highest BCUT2D eigenvalue weighted by Gasteiger charge is 2.25. The maximum atomic E-state index is 11.9. The second kappa shape index (κ2) is 5.20. The van der Waals surface area contributed by atoms with Gasteiger partial charge in [-0.3, -0.25) is 9.78 Å². The van der Waals surface area contributed by atoms with Crippen LogP contribution >= 0.6 is 0 Å². The van der Waals surface area contributed by atoms with Crippen molar-refractivity contribution in [2.75, 3.05) is 13.1 Å². The molecule has 0 aromatic carbocycles. The van der Waals surface area contributed by atoms with Crippen molar-refractivity contribution in [3.05, 3.63) is 24.3 Å². The Labute approximate surface area is 117 Å². The summed E-state index contributed by atoms with van der Waals surface area (Å²) in [5.41, 5.74) is 1.95. The molecule has 0 spiro atoms. The van der Waals surface area contributed by atoms with Crippen LogP contribution in [0, 0.1) is 0 Å². The molecule has 2 aromatic heterocycles. The van der Waals surface area contributed by atoms with E-state index in [1.54, 1.807) is 12.4 Å². The lowest BCUT2D eigenvalue weighted by atomic mass is 10.1. The zero-order valence-electron chi connectivity index (χ0n) is 11.8. The summed E-state index contributed by atoms with van der Waals surface area (Å²) in [5, 5.41) is 6.13. The van der Waals surface area contributed by atoms with Gasteiger partial charge in [-0.1, -0.05) is 0 Å². The van der Waals surface area contributed by atoms with E-state index >= 15 is 0 Å². The molecule has 1 unspecified atom stereocenters. The Bertz CT molecular complexity index is 634. The number of piperazine rings is 1. The van der Waals surface area contributed by atoms with Crippen LogP contribution in [0.1, 0.15) is 25.7 Å². The molecule has 2 aromatic rings. The molecule has 1 aliphatic heterocycles. The molecule has 106 valence electrons. The molecule has 0 radical (unpaired) electrons. The number of hydrogen-bond acceptors (Lipinski definition) is 4. The van der Waals surface area contributed by atoms with E-state index in [0.717, 1.165) is 23.4 Å². The monoisotopic (exact) mass is 273 g/mol. The van der Waals surface area contributed by atoms with E-state index < -0.39 is 0 Å². The lowest BCUT2D eigenvalue weighted by molar-refractivity contribution is -0.124. The van der Waals surface area contributed by atoms with E-state index in [-0.39, 0.29) is 11.9 Å². The average molecular weight is 273 g/mol. The van der Waals surface area contributed by atoms with Crippen LogP contribution in [0.3, 0.4) is 0 Å². The number of carbonyl (C=O) groups is 1. The SMILES string of the molecule is CC(C)n1c(CC2NCCNC2=O)nc2cnccc21. The first-order chi connectivity index (χ1) is 9.66. The number of nitrogens with one attached hydrogen (secondary N) is 2. The van der Waals surface area contributed by atoms with Crippen molar-refractivity contribution in [1.29, 1.82) is 0 Å². The molecule has 20 heavy (non-hydrogen) atoms. The van der Waals surface area contributed by atoms with Crippen molar-refractivity contribution in [1.82, 2.24) is 25.2 Å². The number of carbonyl (C=O) groups excluding carboxylic acids is 1. The summed E-state index contributed by atoms with van der Waals surface area (Å²) >= 11 is 0. The van der Waals surface area contributed by atoms with Gasteiger partial charge in [0.15, 0.2) is 0 Å². The predicted octanol–water partition coefficient (Wildman–Crippen LogP) is 0.643. The second-order valence-electron chi connectivity index (χ2n) is 5.36. The molecule has 0 bridgehead atoms. The van der Waals surface area contributed by atoms with E-state index in [9.17, 15) is 4.79 Å². The van der Waals surface area contributed by atoms with Crippen molar-refractivity contribution in [2.45, 2.75) is 32.4 Å². The zero-order chi connectivity index (χ0) is 14.1. The van der Waals surface area contributed by atoms with Gasteiger partial charge in [0.05, 0.1) is 17.8 Å². The van der Waals surface area contributed by atoms with Gasteiger partial charge < -0.3 is 15.2 Å². The number of nitrogens with zero attached hydrogens (tertiary/aromatic N) is 3. The van der Waals surface area contributed by atoms with Crippen molar-refractivity contribution >= 4 is 16.9 Å². The lowest BCUT2D eigenvalue weighted by Crippen LogP contribution is -2.54. The Balaban J connectivity index is 1.98. The fraction of sp³-hybridized carbons (Fsp3) is 0.500. The van der Waals surface area contributed by atoms with Gasteiger partial charge in [0.2, 0.25) is 5.91 Å². The minimum absolute atomic E-state index is 0.0525. The molecule has 1 atom stereocenters. The number of hydrogen-bond donors (Lipinski definition) is 2. The van der Waals surface area contributed by atoms with Gasteiger partial charge in [-0.2, -0.15) is 0 Å². The summed E-state index contributed by atoms with van der Waals surface area (Å²) in [7, 11) is 0. The van der Waals surface area contributed by atoms with Crippen LogP contribution in [-0.2, 0) is 11.2 Å². The topological polar surface area (TPSA) is 71.8 Å². The van der Waals surface area contributed by atoms with Crippen LogP contribution in [0.4, 0.5) is 0 Å². The van der Waals surface area contributed by atoms with Crippen LogP contribution < -0.4 is 10.6 Å². The third kappa shape index (κ3) is 2.27. The van der Waals surface area contributed by atoms with Crippen molar-refractivity contribution < 1.29 is 4.79 Å². The third-order valence-corrected chi connectivity index (χ3v) is 3.60. The van der Waals surface area contributed by atoms with Crippen molar-refractivity contribution in [2.24, 2.45) is 0 Å². The molecular formula is C14H19N5O. The van der Waals surface area contributed by atoms with E-state index in [1.165, 1.54) is 0 Å². The Hall–Kier alpha value is -1.95. The first kappa shape index (κ1) is 13.1. The molecule has 6 heteroatoms. The number of amides is 1. The number of aromatic nitrogens is 3. The van der Waals surface area contributed by atoms with Gasteiger partial charge in [0, 0.05) is 31.7 Å². The average Bonchev–Trinajstić information content (AvgIpc) is 2.79. The van der Waals surface area contributed by atoms with Crippen molar-refractivity contribution in [3.63, 3.8) is 0 Å². The van der Waals surface area contributed by atoms with E-state index in [1.807, 2.05) is 6.07 Å². The number of imidazole rings is 1. The lowest BCUT2D eigenvalue weighted by Gasteiger charge is -2.24. The van der Waals surface area contributed by atoms with Crippen molar-refractivity contribution in [3.8, 4) is 0 Å². The van der Waals surface area contributed by atoms with E-state index in [4.69, 9.17) is 0 Å².